The maximum Gasteiger partial charge on any atom is 0.323 e. The minimum absolute atomic E-state index is 0.398. The number of halogens is 1. The Balaban J connectivity index is 1.37. The molecule has 0 radical (unpaired) electrons. The highest BCUT2D eigenvalue weighted by molar-refractivity contribution is 6.31. The molecule has 0 unspecified atom stereocenters. The number of nitrogens with zero attached hydrogens (tertiary/aromatic N) is 3. The van der Waals surface area contributed by atoms with Gasteiger partial charge in [0.25, 0.3) is 0 Å². The summed E-state index contributed by atoms with van der Waals surface area (Å²) < 4.78 is 5.24. The second kappa shape index (κ2) is 9.53. The van der Waals surface area contributed by atoms with E-state index >= 15 is 0 Å². The number of nitrogens with one attached hydrogen (secondary N) is 3. The third-order valence-electron chi connectivity index (χ3n) is 4.94. The fraction of sp³-hybridized carbons (Fsp3) is 0.227. The Labute approximate surface area is 185 Å². The molecule has 2 heterocycles. The summed E-state index contributed by atoms with van der Waals surface area (Å²) in [5.41, 5.74) is 3.04. The molecule has 0 bridgehead atoms. The van der Waals surface area contributed by atoms with Gasteiger partial charge in [-0.2, -0.15) is 5.10 Å². The van der Waals surface area contributed by atoms with Gasteiger partial charge in [-0.3, -0.25) is 0 Å². The van der Waals surface area contributed by atoms with Gasteiger partial charge in [0.2, 0.25) is 0 Å². The van der Waals surface area contributed by atoms with Crippen LogP contribution in [0.4, 0.5) is 33.4 Å². The number of aromatic nitrogens is 2. The number of urea groups is 1. The SMILES string of the molecule is COc1ccc(Cl)cc1NC(=O)Nc1ccc(Nc2cc(N3CCCC3)cnn2)cc1. The van der Waals surface area contributed by atoms with Crippen molar-refractivity contribution in [2.45, 2.75) is 12.8 Å². The van der Waals surface area contributed by atoms with Crippen LogP contribution in [0.25, 0.3) is 0 Å². The second-order valence-electron chi connectivity index (χ2n) is 7.12. The molecular formula is C22H23ClN6O2. The molecule has 1 aliphatic rings. The average Bonchev–Trinajstić information content (AvgIpc) is 3.31. The Morgan fingerprint density at radius 2 is 1.77 bits per heavy atom. The smallest absolute Gasteiger partial charge is 0.323 e. The number of hydrogen-bond donors (Lipinski definition) is 3. The van der Waals surface area contributed by atoms with E-state index in [0.717, 1.165) is 24.5 Å². The summed E-state index contributed by atoms with van der Waals surface area (Å²) in [4.78, 5) is 14.6. The molecule has 2 aromatic carbocycles. The van der Waals surface area contributed by atoms with Crippen LogP contribution < -0.4 is 25.6 Å². The molecule has 31 heavy (non-hydrogen) atoms. The number of anilines is 5. The minimum atomic E-state index is -0.398. The van der Waals surface area contributed by atoms with E-state index in [9.17, 15) is 4.79 Å². The summed E-state index contributed by atoms with van der Waals surface area (Å²) in [6.45, 7) is 2.10. The van der Waals surface area contributed by atoms with E-state index in [1.54, 1.807) is 36.5 Å². The van der Waals surface area contributed by atoms with Crippen molar-refractivity contribution < 1.29 is 9.53 Å². The zero-order valence-corrected chi connectivity index (χ0v) is 17.8. The van der Waals surface area contributed by atoms with Crippen molar-refractivity contribution in [3.8, 4) is 5.75 Å². The zero-order valence-electron chi connectivity index (χ0n) is 17.1. The van der Waals surface area contributed by atoms with Crippen molar-refractivity contribution in [1.29, 1.82) is 0 Å². The van der Waals surface area contributed by atoms with Crippen LogP contribution in [0.2, 0.25) is 5.02 Å². The van der Waals surface area contributed by atoms with Gasteiger partial charge in [-0.15, -0.1) is 5.10 Å². The Morgan fingerprint density at radius 1 is 1.03 bits per heavy atom. The van der Waals surface area contributed by atoms with Crippen molar-refractivity contribution in [2.75, 3.05) is 41.0 Å². The first-order valence-corrected chi connectivity index (χ1v) is 10.3. The van der Waals surface area contributed by atoms with Crippen molar-refractivity contribution in [3.63, 3.8) is 0 Å². The molecule has 3 aromatic rings. The molecule has 1 fully saturated rings. The number of rotatable bonds is 6. The summed E-state index contributed by atoms with van der Waals surface area (Å²) >= 11 is 6.00. The summed E-state index contributed by atoms with van der Waals surface area (Å²) in [5, 5.41) is 17.5. The van der Waals surface area contributed by atoms with Crippen LogP contribution in [0.5, 0.6) is 5.75 Å². The number of carbonyl (C=O) groups is 1. The van der Waals surface area contributed by atoms with E-state index in [-0.39, 0.29) is 0 Å². The van der Waals surface area contributed by atoms with Crippen LogP contribution in [-0.2, 0) is 0 Å². The van der Waals surface area contributed by atoms with Crippen molar-refractivity contribution in [3.05, 3.63) is 59.8 Å². The molecule has 0 atom stereocenters. The van der Waals surface area contributed by atoms with Gasteiger partial charge in [-0.1, -0.05) is 11.6 Å². The van der Waals surface area contributed by atoms with Crippen molar-refractivity contribution in [2.24, 2.45) is 0 Å². The number of amides is 2. The third-order valence-corrected chi connectivity index (χ3v) is 5.17. The highest BCUT2D eigenvalue weighted by atomic mass is 35.5. The molecular weight excluding hydrogens is 416 g/mol. The average molecular weight is 439 g/mol. The molecule has 160 valence electrons. The van der Waals surface area contributed by atoms with E-state index in [2.05, 4.69) is 31.0 Å². The van der Waals surface area contributed by atoms with Crippen molar-refractivity contribution in [1.82, 2.24) is 10.2 Å². The number of hydrogen-bond acceptors (Lipinski definition) is 6. The van der Waals surface area contributed by atoms with Gasteiger partial charge in [0.1, 0.15) is 5.75 Å². The number of benzene rings is 2. The van der Waals surface area contributed by atoms with E-state index in [1.807, 2.05) is 18.2 Å². The second-order valence-corrected chi connectivity index (χ2v) is 7.56. The van der Waals surface area contributed by atoms with Gasteiger partial charge in [0, 0.05) is 35.6 Å². The fourth-order valence-corrected chi connectivity index (χ4v) is 3.59. The van der Waals surface area contributed by atoms with Crippen molar-refractivity contribution >= 4 is 46.2 Å². The van der Waals surface area contributed by atoms with Gasteiger partial charge < -0.3 is 25.6 Å². The third kappa shape index (κ3) is 5.35. The molecule has 1 saturated heterocycles. The highest BCUT2D eigenvalue weighted by Crippen LogP contribution is 2.28. The maximum absolute atomic E-state index is 12.3. The zero-order chi connectivity index (χ0) is 21.6. The molecule has 1 aliphatic heterocycles. The fourth-order valence-electron chi connectivity index (χ4n) is 3.41. The molecule has 3 N–H and O–H groups in total. The lowest BCUT2D eigenvalue weighted by Crippen LogP contribution is -2.19. The van der Waals surface area contributed by atoms with Gasteiger partial charge in [-0.05, 0) is 55.3 Å². The Morgan fingerprint density at radius 3 is 2.52 bits per heavy atom. The van der Waals surface area contributed by atoms with Crippen LogP contribution in [0.3, 0.4) is 0 Å². The lowest BCUT2D eigenvalue weighted by Gasteiger charge is -2.17. The molecule has 2 amide bonds. The predicted octanol–water partition coefficient (Wildman–Crippen LogP) is 5.13. The van der Waals surface area contributed by atoms with E-state index < -0.39 is 6.03 Å². The molecule has 4 rings (SSSR count). The first kappa shape index (κ1) is 20.7. The quantitative estimate of drug-likeness (QED) is 0.494. The molecule has 0 aliphatic carbocycles. The monoisotopic (exact) mass is 438 g/mol. The lowest BCUT2D eigenvalue weighted by molar-refractivity contribution is 0.262. The standard InChI is InChI=1S/C22H23ClN6O2/c1-31-20-9-4-15(23)12-19(20)27-22(30)26-17-7-5-16(6-8-17)25-21-13-18(14-24-28-21)29-10-2-3-11-29/h4-9,12-14H,2-3,10-11H2,1H3,(H,25,28)(H2,26,27,30). The van der Waals surface area contributed by atoms with Gasteiger partial charge >= 0.3 is 6.03 Å². The maximum atomic E-state index is 12.3. The Bertz CT molecular complexity index is 1050. The lowest BCUT2D eigenvalue weighted by atomic mass is 10.2. The van der Waals surface area contributed by atoms with E-state index in [1.165, 1.54) is 20.0 Å². The number of ether oxygens (including phenoxy) is 1. The molecule has 0 saturated carbocycles. The highest BCUT2D eigenvalue weighted by Gasteiger charge is 2.13. The molecule has 0 spiro atoms. The topological polar surface area (TPSA) is 91.4 Å². The molecule has 8 nitrogen and oxygen atoms in total. The molecule has 9 heteroatoms. The van der Waals surface area contributed by atoms with Crippen LogP contribution in [0.15, 0.2) is 54.7 Å². The largest absolute Gasteiger partial charge is 0.495 e. The number of methoxy groups -OCH3 is 1. The van der Waals surface area contributed by atoms with Gasteiger partial charge in [0.05, 0.1) is 24.7 Å². The minimum Gasteiger partial charge on any atom is -0.495 e. The van der Waals surface area contributed by atoms with Crippen LogP contribution in [-0.4, -0.2) is 36.4 Å². The van der Waals surface area contributed by atoms with Gasteiger partial charge in [0.15, 0.2) is 5.82 Å². The number of carbonyl (C=O) groups excluding carboxylic acids is 1. The van der Waals surface area contributed by atoms with Crippen LogP contribution in [0.1, 0.15) is 12.8 Å². The first-order valence-electron chi connectivity index (χ1n) is 9.97. The van der Waals surface area contributed by atoms with E-state index in [0.29, 0.717) is 28.0 Å². The van der Waals surface area contributed by atoms with E-state index in [4.69, 9.17) is 16.3 Å². The first-order chi connectivity index (χ1) is 15.1. The summed E-state index contributed by atoms with van der Waals surface area (Å²) in [7, 11) is 1.53. The van der Waals surface area contributed by atoms with Gasteiger partial charge in [-0.25, -0.2) is 4.79 Å². The predicted molar refractivity (Wildman–Crippen MR) is 124 cm³/mol. The summed E-state index contributed by atoms with van der Waals surface area (Å²) in [6.07, 6.45) is 4.20. The van der Waals surface area contributed by atoms with Crippen LogP contribution in [0, 0.1) is 0 Å². The summed E-state index contributed by atoms with van der Waals surface area (Å²) in [6, 6.07) is 13.9. The summed E-state index contributed by atoms with van der Waals surface area (Å²) in [5.74, 6) is 1.20. The normalized spacial score (nSPS) is 13.0. The molecule has 1 aromatic heterocycles. The van der Waals surface area contributed by atoms with Crippen LogP contribution >= 0.6 is 11.6 Å². The Kier molecular flexibility index (Phi) is 6.37. The Hall–Kier alpha value is -3.52.